The van der Waals surface area contributed by atoms with Crippen LogP contribution in [0.15, 0.2) is 36.5 Å². The van der Waals surface area contributed by atoms with E-state index in [1.165, 1.54) is 6.20 Å². The second kappa shape index (κ2) is 9.64. The van der Waals surface area contributed by atoms with Gasteiger partial charge in [-0.15, -0.1) is 0 Å². The average molecular weight is 528 g/mol. The van der Waals surface area contributed by atoms with Gasteiger partial charge >= 0.3 is 0 Å². The fourth-order valence-electron chi connectivity index (χ4n) is 5.18. The van der Waals surface area contributed by atoms with E-state index in [-0.39, 0.29) is 18.2 Å². The number of pyridine rings is 2. The number of benzene rings is 1. The molecule has 3 heterocycles. The summed E-state index contributed by atoms with van der Waals surface area (Å²) in [5.74, 6) is -3.95. The van der Waals surface area contributed by atoms with Gasteiger partial charge in [0.1, 0.15) is 28.8 Å². The van der Waals surface area contributed by atoms with Crippen LogP contribution in [0.4, 0.5) is 24.5 Å². The van der Waals surface area contributed by atoms with E-state index in [1.807, 2.05) is 11.8 Å². The summed E-state index contributed by atoms with van der Waals surface area (Å²) < 4.78 is 43.2. The first-order chi connectivity index (χ1) is 18.0. The number of anilines is 2. The van der Waals surface area contributed by atoms with Crippen molar-refractivity contribution in [2.75, 3.05) is 23.3 Å². The minimum Gasteiger partial charge on any atom is -0.388 e. The SMILES string of the molecule is C[C@H]1CN(c2c(NC(=O)c3ccc(F)c(-c4c(F)cccc4F)n3)cnc3c2CC[C@@H]3O)C[C@@H](N)C1(C)O. The number of carbonyl (C=O) groups is 1. The minimum atomic E-state index is -1.09. The molecule has 1 aliphatic carbocycles. The van der Waals surface area contributed by atoms with Gasteiger partial charge in [0.15, 0.2) is 0 Å². The minimum absolute atomic E-state index is 0.207. The molecule has 200 valence electrons. The average Bonchev–Trinajstić information content (AvgIpc) is 3.24. The number of fused-ring (bicyclic) bond motifs is 1. The summed E-state index contributed by atoms with van der Waals surface area (Å²) in [5.41, 5.74) is 5.87. The van der Waals surface area contributed by atoms with Crippen LogP contribution in [-0.2, 0) is 6.42 Å². The van der Waals surface area contributed by atoms with Gasteiger partial charge in [-0.2, -0.15) is 0 Å². The van der Waals surface area contributed by atoms with Crippen molar-refractivity contribution in [3.8, 4) is 11.3 Å². The number of amides is 1. The van der Waals surface area contributed by atoms with E-state index < -0.39 is 52.4 Å². The van der Waals surface area contributed by atoms with Crippen molar-refractivity contribution < 1.29 is 28.2 Å². The zero-order valence-corrected chi connectivity index (χ0v) is 20.9. The van der Waals surface area contributed by atoms with E-state index in [0.717, 1.165) is 35.9 Å². The highest BCUT2D eigenvalue weighted by molar-refractivity contribution is 6.05. The fourth-order valence-corrected chi connectivity index (χ4v) is 5.18. The number of piperidine rings is 1. The Morgan fingerprint density at radius 3 is 2.55 bits per heavy atom. The van der Waals surface area contributed by atoms with E-state index in [4.69, 9.17) is 5.73 Å². The number of aliphatic hydroxyl groups is 2. The van der Waals surface area contributed by atoms with Crippen molar-refractivity contribution >= 4 is 17.3 Å². The van der Waals surface area contributed by atoms with Gasteiger partial charge in [0.05, 0.1) is 46.6 Å². The first kappa shape index (κ1) is 26.1. The highest BCUT2D eigenvalue weighted by Gasteiger charge is 2.43. The lowest BCUT2D eigenvalue weighted by Crippen LogP contribution is -2.62. The zero-order chi connectivity index (χ0) is 27.4. The van der Waals surface area contributed by atoms with Crippen molar-refractivity contribution in [2.45, 2.75) is 44.4 Å². The number of aliphatic hydroxyl groups excluding tert-OH is 1. The van der Waals surface area contributed by atoms with Crippen molar-refractivity contribution in [2.24, 2.45) is 11.7 Å². The number of nitrogens with one attached hydrogen (secondary N) is 1. The Hall–Kier alpha value is -3.54. The van der Waals surface area contributed by atoms with Crippen LogP contribution in [0.1, 0.15) is 48.1 Å². The number of halogens is 3. The van der Waals surface area contributed by atoms with E-state index in [0.29, 0.717) is 36.5 Å². The van der Waals surface area contributed by atoms with Gasteiger partial charge in [0.25, 0.3) is 5.91 Å². The maximum absolute atomic E-state index is 14.5. The van der Waals surface area contributed by atoms with E-state index in [2.05, 4.69) is 15.3 Å². The normalized spacial score (nSPS) is 24.8. The number of rotatable bonds is 4. The topological polar surface area (TPSA) is 125 Å². The zero-order valence-electron chi connectivity index (χ0n) is 20.9. The third-order valence-corrected chi connectivity index (χ3v) is 7.67. The monoisotopic (exact) mass is 527 g/mol. The van der Waals surface area contributed by atoms with Crippen LogP contribution in [0.3, 0.4) is 0 Å². The van der Waals surface area contributed by atoms with Crippen LogP contribution in [-0.4, -0.2) is 50.8 Å². The smallest absolute Gasteiger partial charge is 0.274 e. The predicted molar refractivity (Wildman–Crippen MR) is 135 cm³/mol. The molecule has 1 amide bonds. The lowest BCUT2D eigenvalue weighted by Gasteiger charge is -2.47. The molecule has 1 aromatic carbocycles. The molecule has 0 bridgehead atoms. The summed E-state index contributed by atoms with van der Waals surface area (Å²) in [6, 6.07) is 4.56. The molecule has 38 heavy (non-hydrogen) atoms. The molecule has 1 fully saturated rings. The Balaban J connectivity index is 1.52. The maximum atomic E-state index is 14.5. The van der Waals surface area contributed by atoms with Crippen molar-refractivity contribution in [3.05, 3.63) is 70.9 Å². The van der Waals surface area contributed by atoms with Gasteiger partial charge in [0.2, 0.25) is 0 Å². The molecule has 5 rings (SSSR count). The molecule has 1 aliphatic heterocycles. The van der Waals surface area contributed by atoms with Gasteiger partial charge in [-0.3, -0.25) is 9.78 Å². The quantitative estimate of drug-likeness (QED) is 0.410. The molecule has 1 unspecified atom stereocenters. The van der Waals surface area contributed by atoms with Crippen LogP contribution >= 0.6 is 0 Å². The molecule has 11 heteroatoms. The first-order valence-corrected chi connectivity index (χ1v) is 12.3. The second-order valence-corrected chi connectivity index (χ2v) is 10.2. The Labute approximate surface area is 217 Å². The van der Waals surface area contributed by atoms with Crippen molar-refractivity contribution in [3.63, 3.8) is 0 Å². The van der Waals surface area contributed by atoms with Gasteiger partial charge in [-0.05, 0) is 44.0 Å². The Morgan fingerprint density at radius 1 is 1.16 bits per heavy atom. The molecule has 1 saturated heterocycles. The van der Waals surface area contributed by atoms with E-state index in [9.17, 15) is 28.2 Å². The highest BCUT2D eigenvalue weighted by atomic mass is 19.1. The van der Waals surface area contributed by atoms with Gasteiger partial charge in [-0.1, -0.05) is 13.0 Å². The Bertz CT molecular complexity index is 1380. The standard InChI is InChI=1S/C27H28F3N5O3/c1-13-11-35(12-21(31)27(13,2)38)25-14-6-9-20(36)23(14)32-10-19(25)34-26(37)18-8-7-17(30)24(33-18)22-15(28)4-3-5-16(22)29/h3-5,7-8,10,13,20-21,36,38H,6,9,11-12,31H2,1-2H3,(H,34,37)/t13-,20-,21+,27?/m0/s1. The van der Waals surface area contributed by atoms with Gasteiger partial charge in [0, 0.05) is 24.6 Å². The number of nitrogens with two attached hydrogens (primary N) is 1. The van der Waals surface area contributed by atoms with E-state index in [1.54, 1.807) is 6.92 Å². The largest absolute Gasteiger partial charge is 0.388 e. The summed E-state index contributed by atoms with van der Waals surface area (Å²) >= 11 is 0. The fraction of sp³-hybridized carbons (Fsp3) is 0.370. The summed E-state index contributed by atoms with van der Waals surface area (Å²) in [4.78, 5) is 23.5. The molecule has 0 saturated carbocycles. The third-order valence-electron chi connectivity index (χ3n) is 7.67. The number of carbonyl (C=O) groups excluding carboxylic acids is 1. The third kappa shape index (κ3) is 4.40. The number of hydrogen-bond acceptors (Lipinski definition) is 7. The van der Waals surface area contributed by atoms with Crippen LogP contribution in [0.2, 0.25) is 0 Å². The summed E-state index contributed by atoms with van der Waals surface area (Å²) in [6.45, 7) is 4.30. The van der Waals surface area contributed by atoms with Crippen molar-refractivity contribution in [1.29, 1.82) is 0 Å². The van der Waals surface area contributed by atoms with Gasteiger partial charge in [-0.25, -0.2) is 18.2 Å². The second-order valence-electron chi connectivity index (χ2n) is 10.2. The molecule has 5 N–H and O–H groups in total. The molecule has 0 radical (unpaired) electrons. The Kier molecular flexibility index (Phi) is 6.62. The Morgan fingerprint density at radius 2 is 1.87 bits per heavy atom. The lowest BCUT2D eigenvalue weighted by atomic mass is 9.80. The molecule has 3 aromatic rings. The van der Waals surface area contributed by atoms with E-state index >= 15 is 0 Å². The van der Waals surface area contributed by atoms with Gasteiger partial charge < -0.3 is 26.2 Å². The summed E-state index contributed by atoms with van der Waals surface area (Å²) in [6.07, 6.45) is 1.66. The highest BCUT2D eigenvalue weighted by Crippen LogP contribution is 2.42. The maximum Gasteiger partial charge on any atom is 0.274 e. The van der Waals surface area contributed by atoms with Crippen molar-refractivity contribution in [1.82, 2.24) is 9.97 Å². The van der Waals surface area contributed by atoms with Crippen LogP contribution in [0.25, 0.3) is 11.3 Å². The molecule has 2 aromatic heterocycles. The molecular formula is C27H28F3N5O3. The van der Waals surface area contributed by atoms with Crippen LogP contribution in [0, 0.1) is 23.4 Å². The number of hydrogen-bond donors (Lipinski definition) is 4. The lowest BCUT2D eigenvalue weighted by molar-refractivity contribution is -0.0258. The molecular weight excluding hydrogens is 499 g/mol. The molecule has 4 atom stereocenters. The van der Waals surface area contributed by atoms with Crippen LogP contribution in [0.5, 0.6) is 0 Å². The molecule has 8 nitrogen and oxygen atoms in total. The first-order valence-electron chi connectivity index (χ1n) is 12.3. The predicted octanol–water partition coefficient (Wildman–Crippen LogP) is 3.33. The summed E-state index contributed by atoms with van der Waals surface area (Å²) in [5, 5.41) is 23.9. The molecule has 2 aliphatic rings. The molecule has 0 spiro atoms. The number of nitrogens with zero attached hydrogens (tertiary/aromatic N) is 3. The number of aromatic nitrogens is 2. The van der Waals surface area contributed by atoms with Crippen LogP contribution < -0.4 is 16.0 Å². The summed E-state index contributed by atoms with van der Waals surface area (Å²) in [7, 11) is 0.